The number of nitrogen functional groups attached to an aromatic ring is 1. The second-order valence-electron chi connectivity index (χ2n) is 5.99. The molecule has 0 spiro atoms. The minimum Gasteiger partial charge on any atom is -0.481 e. The van der Waals surface area contributed by atoms with Crippen molar-refractivity contribution >= 4 is 17.3 Å². The first-order chi connectivity index (χ1) is 10.9. The lowest BCUT2D eigenvalue weighted by atomic mass is 10.0. The second-order valence-corrected chi connectivity index (χ2v) is 5.99. The van der Waals surface area contributed by atoms with E-state index in [1.54, 1.807) is 13.0 Å². The normalized spacial score (nSPS) is 12.0. The summed E-state index contributed by atoms with van der Waals surface area (Å²) >= 11 is 0. The van der Waals surface area contributed by atoms with Crippen LogP contribution in [0.4, 0.5) is 11.4 Å². The third-order valence-electron chi connectivity index (χ3n) is 3.86. The van der Waals surface area contributed by atoms with Crippen LogP contribution in [0.2, 0.25) is 0 Å². The summed E-state index contributed by atoms with van der Waals surface area (Å²) in [5, 5.41) is 2.86. The lowest BCUT2D eigenvalue weighted by molar-refractivity contribution is -0.122. The van der Waals surface area contributed by atoms with Gasteiger partial charge in [-0.05, 0) is 55.2 Å². The number of hydrogen-bond acceptors (Lipinski definition) is 3. The molecular formula is C19H24N2O2. The Kier molecular flexibility index (Phi) is 5.27. The van der Waals surface area contributed by atoms with E-state index in [1.165, 1.54) is 5.56 Å². The van der Waals surface area contributed by atoms with Gasteiger partial charge in [0.1, 0.15) is 5.75 Å². The molecule has 23 heavy (non-hydrogen) atoms. The molecule has 0 saturated carbocycles. The van der Waals surface area contributed by atoms with Gasteiger partial charge in [-0.25, -0.2) is 0 Å². The van der Waals surface area contributed by atoms with E-state index in [4.69, 9.17) is 10.5 Å². The number of hydrogen-bond donors (Lipinski definition) is 2. The Bertz CT molecular complexity index is 678. The maximum Gasteiger partial charge on any atom is 0.265 e. The molecule has 1 atom stereocenters. The fourth-order valence-electron chi connectivity index (χ4n) is 2.21. The molecule has 0 saturated heterocycles. The maximum absolute atomic E-state index is 12.3. The Morgan fingerprint density at radius 2 is 1.74 bits per heavy atom. The SMILES string of the molecule is Cc1c(N)cccc1NC(=O)C(C)Oc1ccc(C(C)C)cc1. The highest BCUT2D eigenvalue weighted by Gasteiger charge is 2.16. The Balaban J connectivity index is 2.01. The molecule has 0 aromatic heterocycles. The zero-order valence-electron chi connectivity index (χ0n) is 14.1. The lowest BCUT2D eigenvalue weighted by Crippen LogP contribution is -2.30. The van der Waals surface area contributed by atoms with Crippen LogP contribution in [0.3, 0.4) is 0 Å². The van der Waals surface area contributed by atoms with Crippen molar-refractivity contribution in [2.24, 2.45) is 0 Å². The summed E-state index contributed by atoms with van der Waals surface area (Å²) < 4.78 is 5.71. The van der Waals surface area contributed by atoms with Crippen molar-refractivity contribution in [3.8, 4) is 5.75 Å². The summed E-state index contributed by atoms with van der Waals surface area (Å²) in [6.45, 7) is 7.88. The number of carbonyl (C=O) groups is 1. The van der Waals surface area contributed by atoms with Crippen molar-refractivity contribution in [2.75, 3.05) is 11.1 Å². The first-order valence-corrected chi connectivity index (χ1v) is 7.81. The summed E-state index contributed by atoms with van der Waals surface area (Å²) in [5.74, 6) is 0.948. The number of amides is 1. The zero-order valence-corrected chi connectivity index (χ0v) is 14.1. The molecule has 122 valence electrons. The third-order valence-corrected chi connectivity index (χ3v) is 3.86. The molecule has 1 unspecified atom stereocenters. The van der Waals surface area contributed by atoms with Crippen molar-refractivity contribution in [3.63, 3.8) is 0 Å². The van der Waals surface area contributed by atoms with Gasteiger partial charge in [0.25, 0.3) is 5.91 Å². The average Bonchev–Trinajstić information content (AvgIpc) is 2.52. The van der Waals surface area contributed by atoms with Gasteiger partial charge in [0.15, 0.2) is 6.10 Å². The average molecular weight is 312 g/mol. The quantitative estimate of drug-likeness (QED) is 0.817. The van der Waals surface area contributed by atoms with E-state index >= 15 is 0 Å². The zero-order chi connectivity index (χ0) is 17.0. The Labute approximate surface area is 137 Å². The van der Waals surface area contributed by atoms with Crippen LogP contribution in [0, 0.1) is 6.92 Å². The van der Waals surface area contributed by atoms with Crippen LogP contribution in [0.1, 0.15) is 37.8 Å². The number of nitrogens with one attached hydrogen (secondary N) is 1. The van der Waals surface area contributed by atoms with Crippen LogP contribution in [-0.4, -0.2) is 12.0 Å². The number of anilines is 2. The molecule has 0 aliphatic rings. The van der Waals surface area contributed by atoms with Crippen molar-refractivity contribution in [2.45, 2.75) is 39.7 Å². The molecule has 2 rings (SSSR count). The van der Waals surface area contributed by atoms with Gasteiger partial charge in [0.05, 0.1) is 0 Å². The summed E-state index contributed by atoms with van der Waals surface area (Å²) in [6.07, 6.45) is -0.597. The van der Waals surface area contributed by atoms with Crippen LogP contribution >= 0.6 is 0 Å². The number of ether oxygens (including phenoxy) is 1. The monoisotopic (exact) mass is 312 g/mol. The fraction of sp³-hybridized carbons (Fsp3) is 0.316. The summed E-state index contributed by atoms with van der Waals surface area (Å²) in [5.41, 5.74) is 9.31. The van der Waals surface area contributed by atoms with Gasteiger partial charge in [-0.15, -0.1) is 0 Å². The van der Waals surface area contributed by atoms with Crippen molar-refractivity contribution in [1.82, 2.24) is 0 Å². The van der Waals surface area contributed by atoms with Crippen molar-refractivity contribution in [3.05, 3.63) is 53.6 Å². The molecule has 0 radical (unpaired) electrons. The number of benzene rings is 2. The van der Waals surface area contributed by atoms with Gasteiger partial charge < -0.3 is 15.8 Å². The minimum atomic E-state index is -0.597. The Hall–Kier alpha value is -2.49. The first kappa shape index (κ1) is 16.9. The van der Waals surface area contributed by atoms with Gasteiger partial charge in [-0.3, -0.25) is 4.79 Å². The topological polar surface area (TPSA) is 64.3 Å². The van der Waals surface area contributed by atoms with E-state index in [-0.39, 0.29) is 5.91 Å². The minimum absolute atomic E-state index is 0.202. The molecule has 0 aliphatic carbocycles. The lowest BCUT2D eigenvalue weighted by Gasteiger charge is -2.17. The summed E-state index contributed by atoms with van der Waals surface area (Å²) in [7, 11) is 0. The standard InChI is InChI=1S/C19H24N2O2/c1-12(2)15-8-10-16(11-9-15)23-14(4)19(22)21-18-7-5-6-17(20)13(18)3/h5-12,14H,20H2,1-4H3,(H,21,22). The number of nitrogens with two attached hydrogens (primary N) is 1. The van der Waals surface area contributed by atoms with Crippen LogP contribution in [0.15, 0.2) is 42.5 Å². The summed E-state index contributed by atoms with van der Waals surface area (Å²) in [4.78, 5) is 12.3. The van der Waals surface area contributed by atoms with E-state index in [9.17, 15) is 4.79 Å². The molecule has 2 aromatic rings. The molecular weight excluding hydrogens is 288 g/mol. The Morgan fingerprint density at radius 3 is 2.35 bits per heavy atom. The molecule has 3 N–H and O–H groups in total. The highest BCUT2D eigenvalue weighted by atomic mass is 16.5. The molecule has 0 aliphatic heterocycles. The number of carbonyl (C=O) groups excluding carboxylic acids is 1. The van der Waals surface area contributed by atoms with Gasteiger partial charge in [0, 0.05) is 11.4 Å². The van der Waals surface area contributed by atoms with Crippen molar-refractivity contribution in [1.29, 1.82) is 0 Å². The molecule has 4 heteroatoms. The predicted octanol–water partition coefficient (Wildman–Crippen LogP) is 4.11. The highest BCUT2D eigenvalue weighted by Crippen LogP contribution is 2.22. The van der Waals surface area contributed by atoms with Crippen LogP contribution in [0.25, 0.3) is 0 Å². The third kappa shape index (κ3) is 4.25. The first-order valence-electron chi connectivity index (χ1n) is 7.81. The summed E-state index contributed by atoms with van der Waals surface area (Å²) in [6, 6.07) is 13.3. The van der Waals surface area contributed by atoms with Crippen LogP contribution in [0.5, 0.6) is 5.75 Å². The molecule has 1 amide bonds. The van der Waals surface area contributed by atoms with E-state index < -0.39 is 6.10 Å². The smallest absolute Gasteiger partial charge is 0.265 e. The van der Waals surface area contributed by atoms with Gasteiger partial charge in [0.2, 0.25) is 0 Å². The van der Waals surface area contributed by atoms with Gasteiger partial charge in [-0.2, -0.15) is 0 Å². The molecule has 2 aromatic carbocycles. The molecule has 0 heterocycles. The molecule has 0 fully saturated rings. The molecule has 4 nitrogen and oxygen atoms in total. The largest absolute Gasteiger partial charge is 0.481 e. The predicted molar refractivity (Wildman–Crippen MR) is 94.8 cm³/mol. The van der Waals surface area contributed by atoms with Crippen molar-refractivity contribution < 1.29 is 9.53 Å². The van der Waals surface area contributed by atoms with E-state index in [0.717, 1.165) is 5.56 Å². The van der Waals surface area contributed by atoms with Gasteiger partial charge in [-0.1, -0.05) is 32.0 Å². The fourth-order valence-corrected chi connectivity index (χ4v) is 2.21. The van der Waals surface area contributed by atoms with E-state index in [1.807, 2.05) is 43.3 Å². The maximum atomic E-state index is 12.3. The van der Waals surface area contributed by atoms with Gasteiger partial charge >= 0.3 is 0 Å². The van der Waals surface area contributed by atoms with Crippen LogP contribution in [-0.2, 0) is 4.79 Å². The highest BCUT2D eigenvalue weighted by molar-refractivity contribution is 5.95. The Morgan fingerprint density at radius 1 is 1.09 bits per heavy atom. The molecule has 0 bridgehead atoms. The second kappa shape index (κ2) is 7.18. The number of rotatable bonds is 5. The van der Waals surface area contributed by atoms with E-state index in [2.05, 4.69) is 19.2 Å². The van der Waals surface area contributed by atoms with Crippen LogP contribution < -0.4 is 15.8 Å². The van der Waals surface area contributed by atoms with E-state index in [0.29, 0.717) is 23.0 Å².